The molecule has 1 amide bonds. The van der Waals surface area contributed by atoms with Crippen LogP contribution in [0.15, 0.2) is 22.9 Å². The molecule has 0 saturated carbocycles. The largest absolute Gasteiger partial charge is 0.356 e. The van der Waals surface area contributed by atoms with E-state index in [1.54, 1.807) is 0 Å². The van der Waals surface area contributed by atoms with Crippen molar-refractivity contribution in [3.8, 4) is 11.3 Å². The molecule has 1 aliphatic rings. The van der Waals surface area contributed by atoms with Crippen molar-refractivity contribution in [2.24, 2.45) is 0 Å². The van der Waals surface area contributed by atoms with Crippen molar-refractivity contribution >= 4 is 11.6 Å². The molecule has 4 heterocycles. The monoisotopic (exact) mass is 410 g/mol. The van der Waals surface area contributed by atoms with E-state index in [9.17, 15) is 4.79 Å². The molecule has 0 bridgehead atoms. The molecule has 8 nitrogen and oxygen atoms in total. The summed E-state index contributed by atoms with van der Waals surface area (Å²) in [6, 6.07) is 3.93. The van der Waals surface area contributed by atoms with E-state index in [4.69, 9.17) is 9.62 Å². The highest BCUT2D eigenvalue weighted by atomic mass is 16.5. The molecule has 0 aliphatic carbocycles. The lowest BCUT2D eigenvalue weighted by atomic mass is 9.91. The molecule has 1 aliphatic heterocycles. The number of hydrogen-bond donors (Lipinski definition) is 0. The topological polar surface area (TPSA) is 79.8 Å². The smallest absolute Gasteiger partial charge is 0.236 e. The van der Waals surface area contributed by atoms with Crippen molar-refractivity contribution in [2.75, 3.05) is 32.7 Å². The van der Waals surface area contributed by atoms with Gasteiger partial charge in [-0.15, -0.1) is 0 Å². The number of rotatable bonds is 6. The van der Waals surface area contributed by atoms with Crippen LogP contribution < -0.4 is 0 Å². The summed E-state index contributed by atoms with van der Waals surface area (Å²) in [4.78, 5) is 21.4. The Kier molecular flexibility index (Phi) is 5.85. The van der Waals surface area contributed by atoms with Crippen molar-refractivity contribution in [1.82, 2.24) is 29.6 Å². The zero-order valence-corrected chi connectivity index (χ0v) is 18.3. The highest BCUT2D eigenvalue weighted by Crippen LogP contribution is 2.34. The number of piperidine rings is 1. The molecular formula is C22H30N6O2. The molecule has 0 spiro atoms. The maximum atomic E-state index is 12.7. The summed E-state index contributed by atoms with van der Waals surface area (Å²) in [6.45, 7) is 11.7. The molecule has 0 radical (unpaired) electrons. The maximum absolute atomic E-state index is 12.7. The fourth-order valence-corrected chi connectivity index (χ4v) is 4.43. The van der Waals surface area contributed by atoms with Crippen LogP contribution in [0, 0.1) is 13.8 Å². The predicted molar refractivity (Wildman–Crippen MR) is 114 cm³/mol. The van der Waals surface area contributed by atoms with E-state index >= 15 is 0 Å². The summed E-state index contributed by atoms with van der Waals surface area (Å²) in [7, 11) is 0. The molecule has 160 valence electrons. The van der Waals surface area contributed by atoms with Crippen LogP contribution in [-0.2, 0) is 4.79 Å². The molecule has 0 N–H and O–H groups in total. The fourth-order valence-electron chi connectivity index (χ4n) is 4.43. The Morgan fingerprint density at radius 2 is 2.03 bits per heavy atom. The highest BCUT2D eigenvalue weighted by Gasteiger charge is 2.29. The normalized spacial score (nSPS) is 17.5. The standard InChI is InChI=1S/C22H30N6O2/c1-5-27(6-2)21(29)14-26-9-7-8-17(13-26)22-18(19-10-16(4)25-30-19)12-23-20-11-15(3)24-28(20)22/h10-12,17H,5-9,13-14H2,1-4H3. The van der Waals surface area contributed by atoms with Crippen molar-refractivity contribution < 1.29 is 9.32 Å². The zero-order valence-electron chi connectivity index (χ0n) is 18.3. The van der Waals surface area contributed by atoms with Crippen LogP contribution in [0.3, 0.4) is 0 Å². The van der Waals surface area contributed by atoms with E-state index in [2.05, 4.69) is 15.0 Å². The second-order valence-corrected chi connectivity index (χ2v) is 8.09. The first kappa shape index (κ1) is 20.5. The minimum Gasteiger partial charge on any atom is -0.356 e. The van der Waals surface area contributed by atoms with Crippen LogP contribution in [-0.4, -0.2) is 68.2 Å². The third kappa shape index (κ3) is 3.96. The maximum Gasteiger partial charge on any atom is 0.236 e. The van der Waals surface area contributed by atoms with Gasteiger partial charge >= 0.3 is 0 Å². The Morgan fingerprint density at radius 1 is 1.23 bits per heavy atom. The molecule has 8 heteroatoms. The van der Waals surface area contributed by atoms with Crippen LogP contribution in [0.4, 0.5) is 0 Å². The van der Waals surface area contributed by atoms with Gasteiger partial charge in [-0.05, 0) is 47.1 Å². The molecule has 3 aromatic rings. The summed E-state index contributed by atoms with van der Waals surface area (Å²) in [5.74, 6) is 1.14. The van der Waals surface area contributed by atoms with Gasteiger partial charge in [0.25, 0.3) is 0 Å². The predicted octanol–water partition coefficient (Wildman–Crippen LogP) is 3.05. The van der Waals surface area contributed by atoms with Crippen molar-refractivity contribution in [2.45, 2.75) is 46.5 Å². The minimum atomic E-state index is 0.196. The Balaban J connectivity index is 1.68. The number of aryl methyl sites for hydroxylation is 2. The SMILES string of the molecule is CCN(CC)C(=O)CN1CCCC(c2c(-c3cc(C)no3)cnc3cc(C)nn23)C1. The van der Waals surface area contributed by atoms with Crippen molar-refractivity contribution in [1.29, 1.82) is 0 Å². The van der Waals surface area contributed by atoms with Crippen molar-refractivity contribution in [3.63, 3.8) is 0 Å². The number of amides is 1. The quantitative estimate of drug-likeness (QED) is 0.621. The summed E-state index contributed by atoms with van der Waals surface area (Å²) < 4.78 is 7.53. The second kappa shape index (κ2) is 8.55. The molecule has 1 saturated heterocycles. The summed E-state index contributed by atoms with van der Waals surface area (Å²) in [5, 5.41) is 8.78. The van der Waals surface area contributed by atoms with Gasteiger partial charge in [0.2, 0.25) is 5.91 Å². The fraction of sp³-hybridized carbons (Fsp3) is 0.545. The van der Waals surface area contributed by atoms with Gasteiger partial charge in [0.1, 0.15) is 0 Å². The number of likely N-dealkylation sites (tertiary alicyclic amines) is 1. The number of nitrogens with zero attached hydrogens (tertiary/aromatic N) is 6. The molecule has 1 atom stereocenters. The van der Waals surface area contributed by atoms with Gasteiger partial charge in [-0.25, -0.2) is 9.50 Å². The van der Waals surface area contributed by atoms with Crippen molar-refractivity contribution in [3.05, 3.63) is 35.4 Å². The molecule has 3 aromatic heterocycles. The molecule has 1 fully saturated rings. The molecular weight excluding hydrogens is 380 g/mol. The first-order valence-electron chi connectivity index (χ1n) is 10.8. The first-order chi connectivity index (χ1) is 14.5. The highest BCUT2D eigenvalue weighted by molar-refractivity contribution is 5.78. The number of carbonyl (C=O) groups excluding carboxylic acids is 1. The lowest BCUT2D eigenvalue weighted by Crippen LogP contribution is -2.44. The first-order valence-corrected chi connectivity index (χ1v) is 10.8. The summed E-state index contributed by atoms with van der Waals surface area (Å²) in [6.07, 6.45) is 3.94. The zero-order chi connectivity index (χ0) is 21.3. The minimum absolute atomic E-state index is 0.196. The van der Waals surface area contributed by atoms with Gasteiger partial charge in [-0.2, -0.15) is 5.10 Å². The number of carbonyl (C=O) groups is 1. The van der Waals surface area contributed by atoms with Crippen LogP contribution >= 0.6 is 0 Å². The summed E-state index contributed by atoms with van der Waals surface area (Å²) in [5.41, 5.74) is 4.61. The Hall–Kier alpha value is -2.74. The van der Waals surface area contributed by atoms with Gasteiger partial charge < -0.3 is 9.42 Å². The van der Waals surface area contributed by atoms with Gasteiger partial charge in [-0.1, -0.05) is 5.16 Å². The van der Waals surface area contributed by atoms with Crippen LogP contribution in [0.1, 0.15) is 49.7 Å². The number of likely N-dealkylation sites (N-methyl/N-ethyl adjacent to an activating group) is 1. The lowest BCUT2D eigenvalue weighted by Gasteiger charge is -2.34. The van der Waals surface area contributed by atoms with Gasteiger partial charge in [0.15, 0.2) is 11.4 Å². The van der Waals surface area contributed by atoms with E-state index in [0.717, 1.165) is 67.3 Å². The summed E-state index contributed by atoms with van der Waals surface area (Å²) >= 11 is 0. The second-order valence-electron chi connectivity index (χ2n) is 8.09. The third-order valence-corrected chi connectivity index (χ3v) is 5.90. The molecule has 0 aromatic carbocycles. The van der Waals surface area contributed by atoms with E-state index in [0.29, 0.717) is 12.3 Å². The van der Waals surface area contributed by atoms with E-state index in [1.165, 1.54) is 0 Å². The van der Waals surface area contributed by atoms with Crippen LogP contribution in [0.25, 0.3) is 17.0 Å². The van der Waals surface area contributed by atoms with Gasteiger partial charge in [0.05, 0.1) is 29.2 Å². The van der Waals surface area contributed by atoms with E-state index in [-0.39, 0.29) is 11.8 Å². The molecule has 4 rings (SSSR count). The Morgan fingerprint density at radius 3 is 2.73 bits per heavy atom. The molecule has 1 unspecified atom stereocenters. The average molecular weight is 411 g/mol. The van der Waals surface area contributed by atoms with Crippen LogP contribution in [0.5, 0.6) is 0 Å². The third-order valence-electron chi connectivity index (χ3n) is 5.90. The Labute approximate surface area is 176 Å². The number of fused-ring (bicyclic) bond motifs is 1. The van der Waals surface area contributed by atoms with E-state index in [1.807, 2.05) is 55.4 Å². The van der Waals surface area contributed by atoms with Gasteiger partial charge in [0, 0.05) is 43.9 Å². The van der Waals surface area contributed by atoms with Gasteiger partial charge in [-0.3, -0.25) is 9.69 Å². The average Bonchev–Trinajstić information content (AvgIpc) is 3.32. The van der Waals surface area contributed by atoms with Crippen LogP contribution in [0.2, 0.25) is 0 Å². The molecule has 30 heavy (non-hydrogen) atoms. The Bertz CT molecular complexity index is 1040. The van der Waals surface area contributed by atoms with E-state index < -0.39 is 0 Å². The lowest BCUT2D eigenvalue weighted by molar-refractivity contribution is -0.132. The number of hydrogen-bond acceptors (Lipinski definition) is 6. The number of aromatic nitrogens is 4.